The predicted molar refractivity (Wildman–Crippen MR) is 86.3 cm³/mol. The summed E-state index contributed by atoms with van der Waals surface area (Å²) in [5.41, 5.74) is 0.570. The van der Waals surface area contributed by atoms with E-state index in [0.29, 0.717) is 0 Å². The monoisotopic (exact) mass is 306 g/mol. The fraction of sp³-hybridized carbons (Fsp3) is 0.588. The maximum atomic E-state index is 12.6. The third-order valence-electron chi connectivity index (χ3n) is 4.40. The van der Waals surface area contributed by atoms with E-state index in [9.17, 15) is 4.79 Å². The van der Waals surface area contributed by atoms with Crippen LogP contribution in [0.4, 0.5) is 0 Å². The number of rotatable bonds is 5. The van der Waals surface area contributed by atoms with E-state index in [1.54, 1.807) is 14.2 Å². The van der Waals surface area contributed by atoms with Gasteiger partial charge in [-0.25, -0.2) is 0 Å². The van der Waals surface area contributed by atoms with Gasteiger partial charge in [-0.1, -0.05) is 0 Å². The number of carbonyl (C=O) groups excluding carboxylic acids is 1. The van der Waals surface area contributed by atoms with E-state index < -0.39 is 0 Å². The zero-order valence-electron chi connectivity index (χ0n) is 13.9. The second-order valence-electron chi connectivity index (χ2n) is 6.14. The third kappa shape index (κ3) is 3.53. The van der Waals surface area contributed by atoms with Gasteiger partial charge in [0, 0.05) is 12.1 Å². The van der Waals surface area contributed by atoms with E-state index in [2.05, 4.69) is 10.6 Å². The summed E-state index contributed by atoms with van der Waals surface area (Å²) in [4.78, 5) is 12.6. The quantitative estimate of drug-likeness (QED) is 0.876. The van der Waals surface area contributed by atoms with Gasteiger partial charge in [-0.05, 0) is 51.4 Å². The van der Waals surface area contributed by atoms with Crippen molar-refractivity contribution in [2.45, 2.75) is 32.7 Å². The second kappa shape index (κ2) is 7.01. The molecule has 1 saturated heterocycles. The maximum absolute atomic E-state index is 12.6. The summed E-state index contributed by atoms with van der Waals surface area (Å²) in [7, 11) is 3.26. The molecule has 1 heterocycles. The van der Waals surface area contributed by atoms with E-state index in [1.165, 1.54) is 0 Å². The summed E-state index contributed by atoms with van der Waals surface area (Å²) >= 11 is 0. The molecule has 0 bridgehead atoms. The molecule has 2 unspecified atom stereocenters. The highest BCUT2D eigenvalue weighted by Crippen LogP contribution is 2.31. The van der Waals surface area contributed by atoms with Crippen molar-refractivity contribution in [3.05, 3.63) is 23.8 Å². The van der Waals surface area contributed by atoms with Crippen molar-refractivity contribution in [1.29, 1.82) is 0 Å². The molecule has 0 spiro atoms. The summed E-state index contributed by atoms with van der Waals surface area (Å²) in [6.07, 6.45) is 1.94. The Kier molecular flexibility index (Phi) is 5.29. The molecule has 5 heteroatoms. The molecule has 0 saturated carbocycles. The summed E-state index contributed by atoms with van der Waals surface area (Å²) in [6, 6.07) is 5.48. The summed E-state index contributed by atoms with van der Waals surface area (Å²) in [5.74, 6) is 1.58. The van der Waals surface area contributed by atoms with Crippen LogP contribution >= 0.6 is 0 Å². The molecule has 1 fully saturated rings. The lowest BCUT2D eigenvalue weighted by Gasteiger charge is -2.34. The minimum atomic E-state index is -0.349. The van der Waals surface area contributed by atoms with Gasteiger partial charge < -0.3 is 20.1 Å². The fourth-order valence-electron chi connectivity index (χ4n) is 2.88. The van der Waals surface area contributed by atoms with Crippen LogP contribution in [0.1, 0.15) is 38.3 Å². The van der Waals surface area contributed by atoms with Gasteiger partial charge in [-0.3, -0.25) is 4.79 Å². The van der Waals surface area contributed by atoms with Gasteiger partial charge in [0.25, 0.3) is 0 Å². The first kappa shape index (κ1) is 16.6. The van der Waals surface area contributed by atoms with Gasteiger partial charge in [0.15, 0.2) is 0 Å². The molecule has 1 aliphatic rings. The Morgan fingerprint density at radius 1 is 1.36 bits per heavy atom. The van der Waals surface area contributed by atoms with Gasteiger partial charge in [-0.2, -0.15) is 0 Å². The van der Waals surface area contributed by atoms with Crippen LogP contribution in [0.5, 0.6) is 11.5 Å². The summed E-state index contributed by atoms with van der Waals surface area (Å²) < 4.78 is 10.7. The van der Waals surface area contributed by atoms with Gasteiger partial charge in [0.2, 0.25) is 5.91 Å². The Morgan fingerprint density at radius 2 is 2.14 bits per heavy atom. The summed E-state index contributed by atoms with van der Waals surface area (Å²) in [6.45, 7) is 5.70. The van der Waals surface area contributed by atoms with E-state index in [4.69, 9.17) is 9.47 Å². The van der Waals surface area contributed by atoms with Crippen molar-refractivity contribution in [1.82, 2.24) is 10.6 Å². The van der Waals surface area contributed by atoms with Crippen molar-refractivity contribution >= 4 is 5.91 Å². The molecule has 1 amide bonds. The molecule has 5 nitrogen and oxygen atoms in total. The van der Waals surface area contributed by atoms with Crippen LogP contribution in [0.3, 0.4) is 0 Å². The molecule has 2 atom stereocenters. The second-order valence-corrected chi connectivity index (χ2v) is 6.14. The number of piperidine rings is 1. The topological polar surface area (TPSA) is 59.6 Å². The average molecular weight is 306 g/mol. The normalized spacial score (nSPS) is 22.7. The van der Waals surface area contributed by atoms with E-state index >= 15 is 0 Å². The van der Waals surface area contributed by atoms with Gasteiger partial charge in [0.1, 0.15) is 11.5 Å². The first-order valence-corrected chi connectivity index (χ1v) is 7.74. The van der Waals surface area contributed by atoms with Crippen LogP contribution in [0.15, 0.2) is 18.2 Å². The Hall–Kier alpha value is -1.75. The summed E-state index contributed by atoms with van der Waals surface area (Å²) in [5, 5.41) is 6.42. The van der Waals surface area contributed by atoms with Crippen molar-refractivity contribution in [2.75, 3.05) is 27.3 Å². The highest BCUT2D eigenvalue weighted by molar-refractivity contribution is 5.83. The first-order valence-electron chi connectivity index (χ1n) is 7.74. The molecule has 2 N–H and O–H groups in total. The van der Waals surface area contributed by atoms with Gasteiger partial charge in [0.05, 0.1) is 25.7 Å². The molecule has 122 valence electrons. The number of methoxy groups -OCH3 is 2. The van der Waals surface area contributed by atoms with Crippen molar-refractivity contribution < 1.29 is 14.3 Å². The maximum Gasteiger partial charge on any atom is 0.227 e. The number of amides is 1. The molecule has 2 rings (SSSR count). The largest absolute Gasteiger partial charge is 0.497 e. The SMILES string of the molecule is COc1ccc(OC)c(C(C)NC(=O)C2(C)CCCNC2)c1. The molecule has 1 aromatic carbocycles. The first-order chi connectivity index (χ1) is 10.5. The van der Waals surface area contributed by atoms with Crippen LogP contribution in [-0.2, 0) is 4.79 Å². The Balaban J connectivity index is 2.14. The minimum Gasteiger partial charge on any atom is -0.497 e. The van der Waals surface area contributed by atoms with Crippen LogP contribution in [-0.4, -0.2) is 33.2 Å². The van der Waals surface area contributed by atoms with Crippen LogP contribution in [0.25, 0.3) is 0 Å². The Bertz CT molecular complexity index is 525. The molecule has 0 aromatic heterocycles. The molecular formula is C17H26N2O3. The van der Waals surface area contributed by atoms with Gasteiger partial charge >= 0.3 is 0 Å². The van der Waals surface area contributed by atoms with Crippen molar-refractivity contribution in [3.63, 3.8) is 0 Å². The molecular weight excluding hydrogens is 280 g/mol. The highest BCUT2D eigenvalue weighted by atomic mass is 16.5. The lowest BCUT2D eigenvalue weighted by atomic mass is 9.81. The number of carbonyl (C=O) groups is 1. The third-order valence-corrected chi connectivity index (χ3v) is 4.40. The smallest absolute Gasteiger partial charge is 0.227 e. The van der Waals surface area contributed by atoms with Crippen molar-refractivity contribution in [3.8, 4) is 11.5 Å². The number of ether oxygens (including phenoxy) is 2. The predicted octanol–water partition coefficient (Wildman–Crippen LogP) is 2.27. The number of benzene rings is 1. The van der Waals surface area contributed by atoms with Crippen molar-refractivity contribution in [2.24, 2.45) is 5.41 Å². The van der Waals surface area contributed by atoms with E-state index in [-0.39, 0.29) is 17.4 Å². The van der Waals surface area contributed by atoms with E-state index in [0.717, 1.165) is 43.0 Å². The Labute approximate surface area is 132 Å². The standard InChI is InChI=1S/C17H26N2O3/c1-12(14-10-13(21-3)6-7-15(14)22-4)19-16(20)17(2)8-5-9-18-11-17/h6-7,10,12,18H,5,8-9,11H2,1-4H3,(H,19,20). The van der Waals surface area contributed by atoms with Crippen LogP contribution in [0.2, 0.25) is 0 Å². The number of hydrogen-bond acceptors (Lipinski definition) is 4. The molecule has 1 aliphatic heterocycles. The van der Waals surface area contributed by atoms with Crippen LogP contribution in [0, 0.1) is 5.41 Å². The lowest BCUT2D eigenvalue weighted by Crippen LogP contribution is -2.49. The fourth-order valence-corrected chi connectivity index (χ4v) is 2.88. The van der Waals surface area contributed by atoms with E-state index in [1.807, 2.05) is 32.0 Å². The minimum absolute atomic E-state index is 0.0806. The zero-order chi connectivity index (χ0) is 16.2. The Morgan fingerprint density at radius 3 is 2.73 bits per heavy atom. The molecule has 22 heavy (non-hydrogen) atoms. The van der Waals surface area contributed by atoms with Crippen LogP contribution < -0.4 is 20.1 Å². The molecule has 1 aromatic rings. The number of hydrogen-bond donors (Lipinski definition) is 2. The molecule has 0 aliphatic carbocycles. The zero-order valence-corrected chi connectivity index (χ0v) is 13.9. The lowest BCUT2D eigenvalue weighted by molar-refractivity contribution is -0.131. The number of nitrogens with one attached hydrogen (secondary N) is 2. The average Bonchev–Trinajstić information content (AvgIpc) is 2.54. The van der Waals surface area contributed by atoms with Gasteiger partial charge in [-0.15, -0.1) is 0 Å². The molecule has 0 radical (unpaired) electrons. The highest BCUT2D eigenvalue weighted by Gasteiger charge is 2.35.